The molecule has 4 rings (SSSR count). The molecule has 0 N–H and O–H groups in total. The first-order valence-electron chi connectivity index (χ1n) is 6.73. The predicted octanol–water partition coefficient (Wildman–Crippen LogP) is 3.52. The Kier molecular flexibility index (Phi) is 2.38. The van der Waals surface area contributed by atoms with Crippen molar-refractivity contribution >= 4 is 5.78 Å². The zero-order chi connectivity index (χ0) is 11.3. The number of hydrogen-bond acceptors (Lipinski definition) is 1. The highest BCUT2D eigenvalue weighted by molar-refractivity contribution is 5.83. The molecule has 0 heterocycles. The first kappa shape index (κ1) is 10.7. The lowest BCUT2D eigenvalue weighted by Gasteiger charge is -2.56. The molecule has 1 nitrogen and oxygen atoms in total. The minimum atomic E-state index is -1.26. The van der Waals surface area contributed by atoms with Crippen LogP contribution in [-0.4, -0.2) is 12.0 Å². The summed E-state index contributed by atoms with van der Waals surface area (Å²) < 4.78 is 13.0. The Bertz CT molecular complexity index is 273. The average Bonchev–Trinajstić information content (AvgIpc) is 2.13. The quantitative estimate of drug-likeness (QED) is 0.717. The van der Waals surface area contributed by atoms with Crippen molar-refractivity contribution < 1.29 is 9.18 Å². The Balaban J connectivity index is 1.76. The fourth-order valence-corrected chi connectivity index (χ4v) is 5.02. The topological polar surface area (TPSA) is 17.1 Å². The van der Waals surface area contributed by atoms with Crippen molar-refractivity contribution in [2.45, 2.75) is 58.0 Å². The summed E-state index contributed by atoms with van der Waals surface area (Å²) in [5.41, 5.74) is 0.214. The van der Waals surface area contributed by atoms with Crippen LogP contribution in [0.1, 0.15) is 51.9 Å². The second-order valence-electron chi connectivity index (χ2n) is 6.68. The van der Waals surface area contributed by atoms with Crippen molar-refractivity contribution in [1.82, 2.24) is 0 Å². The molecule has 4 bridgehead atoms. The fourth-order valence-electron chi connectivity index (χ4n) is 5.02. The Morgan fingerprint density at radius 1 is 1.19 bits per heavy atom. The first-order chi connectivity index (χ1) is 7.56. The van der Waals surface area contributed by atoms with Crippen molar-refractivity contribution in [2.24, 2.45) is 23.2 Å². The van der Waals surface area contributed by atoms with Gasteiger partial charge in [0.1, 0.15) is 0 Å². The lowest BCUT2D eigenvalue weighted by Crippen LogP contribution is -2.47. The number of halogens is 1. The maximum Gasteiger partial charge on any atom is 0.167 e. The van der Waals surface area contributed by atoms with Crippen molar-refractivity contribution in [2.75, 3.05) is 0 Å². The SMILES string of the molecule is CC(F)C(=O)CC12CC3CC(CC(C3)C1)C2. The molecule has 1 atom stereocenters. The summed E-state index contributed by atoms with van der Waals surface area (Å²) in [6.07, 6.45) is 7.05. The minimum absolute atomic E-state index is 0.151. The fraction of sp³-hybridized carbons (Fsp3) is 0.929. The van der Waals surface area contributed by atoms with Gasteiger partial charge in [-0.05, 0) is 68.6 Å². The molecule has 0 aliphatic heterocycles. The maximum atomic E-state index is 13.0. The van der Waals surface area contributed by atoms with Crippen LogP contribution in [0.2, 0.25) is 0 Å². The van der Waals surface area contributed by atoms with Crippen molar-refractivity contribution in [1.29, 1.82) is 0 Å². The smallest absolute Gasteiger partial charge is 0.167 e. The Morgan fingerprint density at radius 2 is 1.62 bits per heavy atom. The number of Topliss-reactive ketones (excluding diaryl/α,β-unsaturated/α-hetero) is 1. The normalized spacial score (nSPS) is 47.0. The number of carbonyl (C=O) groups excluding carboxylic acids is 1. The molecular formula is C14H21FO. The zero-order valence-corrected chi connectivity index (χ0v) is 10.0. The van der Waals surface area contributed by atoms with Gasteiger partial charge in [-0.1, -0.05) is 0 Å². The van der Waals surface area contributed by atoms with Crippen molar-refractivity contribution in [3.05, 3.63) is 0 Å². The summed E-state index contributed by atoms with van der Waals surface area (Å²) in [6, 6.07) is 0. The van der Waals surface area contributed by atoms with Gasteiger partial charge in [0.15, 0.2) is 12.0 Å². The molecule has 4 aliphatic rings. The van der Waals surface area contributed by atoms with Crippen LogP contribution in [0.25, 0.3) is 0 Å². The van der Waals surface area contributed by atoms with Gasteiger partial charge in [0, 0.05) is 6.42 Å². The summed E-state index contributed by atoms with van der Waals surface area (Å²) in [6.45, 7) is 1.39. The minimum Gasteiger partial charge on any atom is -0.296 e. The average molecular weight is 224 g/mol. The standard InChI is InChI=1S/C14H21FO/c1-9(15)13(16)8-14-5-10-2-11(6-14)4-12(3-10)7-14/h9-12H,2-8H2,1H3. The molecule has 2 heteroatoms. The van der Waals surface area contributed by atoms with E-state index in [4.69, 9.17) is 0 Å². The van der Waals surface area contributed by atoms with Crippen LogP contribution in [0.5, 0.6) is 0 Å². The molecule has 90 valence electrons. The van der Waals surface area contributed by atoms with Crippen molar-refractivity contribution in [3.8, 4) is 0 Å². The van der Waals surface area contributed by atoms with Crippen LogP contribution in [-0.2, 0) is 4.79 Å². The van der Waals surface area contributed by atoms with Gasteiger partial charge in [0.25, 0.3) is 0 Å². The number of alkyl halides is 1. The molecule has 0 amide bonds. The Labute approximate surface area is 96.8 Å². The number of hydrogen-bond donors (Lipinski definition) is 0. The number of carbonyl (C=O) groups is 1. The predicted molar refractivity (Wildman–Crippen MR) is 60.8 cm³/mol. The zero-order valence-electron chi connectivity index (χ0n) is 10.0. The summed E-state index contributed by atoms with van der Waals surface area (Å²) >= 11 is 0. The second kappa shape index (κ2) is 3.54. The van der Waals surface area contributed by atoms with Crippen molar-refractivity contribution in [3.63, 3.8) is 0 Å². The van der Waals surface area contributed by atoms with E-state index >= 15 is 0 Å². The summed E-state index contributed by atoms with van der Waals surface area (Å²) in [5.74, 6) is 2.42. The third-order valence-corrected chi connectivity index (χ3v) is 5.16. The summed E-state index contributed by atoms with van der Waals surface area (Å²) in [5, 5.41) is 0. The van der Waals surface area contributed by atoms with E-state index < -0.39 is 6.17 Å². The highest BCUT2D eigenvalue weighted by atomic mass is 19.1. The van der Waals surface area contributed by atoms with Crippen LogP contribution < -0.4 is 0 Å². The van der Waals surface area contributed by atoms with E-state index in [1.807, 2.05) is 0 Å². The molecule has 0 aromatic heterocycles. The molecular weight excluding hydrogens is 203 g/mol. The molecule has 1 unspecified atom stereocenters. The molecule has 4 fully saturated rings. The van der Waals surface area contributed by atoms with E-state index in [1.54, 1.807) is 0 Å². The van der Waals surface area contributed by atoms with E-state index in [9.17, 15) is 9.18 Å². The van der Waals surface area contributed by atoms with Gasteiger partial charge in [0.05, 0.1) is 0 Å². The van der Waals surface area contributed by atoms with Crippen LogP contribution in [0, 0.1) is 23.2 Å². The lowest BCUT2D eigenvalue weighted by atomic mass is 9.48. The van der Waals surface area contributed by atoms with Gasteiger partial charge in [-0.15, -0.1) is 0 Å². The lowest BCUT2D eigenvalue weighted by molar-refractivity contribution is -0.131. The van der Waals surface area contributed by atoms with E-state index in [0.29, 0.717) is 6.42 Å². The van der Waals surface area contributed by atoms with Gasteiger partial charge >= 0.3 is 0 Å². The Hall–Kier alpha value is -0.400. The molecule has 0 spiro atoms. The summed E-state index contributed by atoms with van der Waals surface area (Å²) in [7, 11) is 0. The third kappa shape index (κ3) is 1.70. The highest BCUT2D eigenvalue weighted by Gasteiger charge is 2.51. The van der Waals surface area contributed by atoms with E-state index in [-0.39, 0.29) is 11.2 Å². The number of rotatable bonds is 3. The van der Waals surface area contributed by atoms with Gasteiger partial charge in [-0.2, -0.15) is 0 Å². The molecule has 0 saturated heterocycles. The van der Waals surface area contributed by atoms with Gasteiger partial charge in [-0.25, -0.2) is 4.39 Å². The molecule has 4 saturated carbocycles. The Morgan fingerprint density at radius 3 is 2.00 bits per heavy atom. The van der Waals surface area contributed by atoms with E-state index in [2.05, 4.69) is 0 Å². The van der Waals surface area contributed by atoms with Gasteiger partial charge in [0.2, 0.25) is 0 Å². The second-order valence-corrected chi connectivity index (χ2v) is 6.68. The van der Waals surface area contributed by atoms with Gasteiger partial charge in [-0.3, -0.25) is 4.79 Å². The van der Waals surface area contributed by atoms with Gasteiger partial charge < -0.3 is 0 Å². The van der Waals surface area contributed by atoms with Crippen LogP contribution in [0.15, 0.2) is 0 Å². The number of ketones is 1. The summed E-state index contributed by atoms with van der Waals surface area (Å²) in [4.78, 5) is 11.7. The largest absolute Gasteiger partial charge is 0.296 e. The highest BCUT2D eigenvalue weighted by Crippen LogP contribution is 2.61. The third-order valence-electron chi connectivity index (χ3n) is 5.16. The maximum absolute atomic E-state index is 13.0. The first-order valence-corrected chi connectivity index (χ1v) is 6.73. The van der Waals surface area contributed by atoms with Crippen LogP contribution in [0.3, 0.4) is 0 Å². The molecule has 16 heavy (non-hydrogen) atoms. The molecule has 0 aromatic rings. The van der Waals surface area contributed by atoms with E-state index in [1.165, 1.54) is 45.4 Å². The molecule has 0 radical (unpaired) electrons. The van der Waals surface area contributed by atoms with Crippen LogP contribution in [0.4, 0.5) is 4.39 Å². The molecule has 0 aromatic carbocycles. The molecule has 4 aliphatic carbocycles. The van der Waals surface area contributed by atoms with E-state index in [0.717, 1.165) is 17.8 Å². The van der Waals surface area contributed by atoms with Crippen LogP contribution >= 0.6 is 0 Å². The monoisotopic (exact) mass is 224 g/mol.